The Morgan fingerprint density at radius 2 is 2.31 bits per heavy atom. The van der Waals surface area contributed by atoms with Gasteiger partial charge in [0.05, 0.1) is 0 Å². The van der Waals surface area contributed by atoms with Crippen molar-refractivity contribution in [2.45, 2.75) is 31.8 Å². The van der Waals surface area contributed by atoms with Gasteiger partial charge in [-0.05, 0) is 19.3 Å². The zero-order valence-corrected chi connectivity index (χ0v) is 8.08. The van der Waals surface area contributed by atoms with Gasteiger partial charge in [0.1, 0.15) is 6.10 Å². The first-order valence-electron chi connectivity index (χ1n) is 4.80. The zero-order valence-electron chi connectivity index (χ0n) is 8.08. The molecule has 0 aromatic carbocycles. The molecule has 1 amide bonds. The summed E-state index contributed by atoms with van der Waals surface area (Å²) in [6.07, 6.45) is 7.83. The second-order valence-corrected chi connectivity index (χ2v) is 3.22. The minimum atomic E-state index is -0.311. The SMILES string of the molecule is COC1C/C=C/CCCCNC1=O. The van der Waals surface area contributed by atoms with Crippen LogP contribution in [0, 0.1) is 0 Å². The van der Waals surface area contributed by atoms with Crippen molar-refractivity contribution < 1.29 is 9.53 Å². The lowest BCUT2D eigenvalue weighted by atomic mass is 10.1. The minimum Gasteiger partial charge on any atom is -0.371 e. The molecule has 3 nitrogen and oxygen atoms in total. The first-order valence-corrected chi connectivity index (χ1v) is 4.80. The van der Waals surface area contributed by atoms with Gasteiger partial charge in [-0.2, -0.15) is 0 Å². The van der Waals surface area contributed by atoms with Crippen molar-refractivity contribution >= 4 is 5.91 Å². The van der Waals surface area contributed by atoms with Gasteiger partial charge in [-0.25, -0.2) is 0 Å². The molecule has 0 saturated heterocycles. The smallest absolute Gasteiger partial charge is 0.249 e. The van der Waals surface area contributed by atoms with Crippen molar-refractivity contribution in [3.8, 4) is 0 Å². The van der Waals surface area contributed by atoms with Gasteiger partial charge in [0, 0.05) is 20.1 Å². The van der Waals surface area contributed by atoms with Crippen molar-refractivity contribution in [1.29, 1.82) is 0 Å². The van der Waals surface area contributed by atoms with E-state index < -0.39 is 0 Å². The third kappa shape index (κ3) is 3.59. The molecule has 1 N–H and O–H groups in total. The lowest BCUT2D eigenvalue weighted by molar-refractivity contribution is -0.130. The zero-order chi connectivity index (χ0) is 9.52. The maximum absolute atomic E-state index is 11.4. The van der Waals surface area contributed by atoms with Gasteiger partial charge in [-0.15, -0.1) is 0 Å². The standard InChI is InChI=1S/C10H17NO2/c1-13-9-7-5-3-2-4-6-8-11-10(9)12/h3,5,9H,2,4,6-8H2,1H3,(H,11,12)/b5-3+. The van der Waals surface area contributed by atoms with Crippen molar-refractivity contribution in [3.05, 3.63) is 12.2 Å². The fraction of sp³-hybridized carbons (Fsp3) is 0.700. The Hall–Kier alpha value is -0.830. The van der Waals surface area contributed by atoms with Crippen LogP contribution in [0.5, 0.6) is 0 Å². The number of nitrogens with one attached hydrogen (secondary N) is 1. The fourth-order valence-electron chi connectivity index (χ4n) is 1.36. The van der Waals surface area contributed by atoms with Gasteiger partial charge in [0.2, 0.25) is 5.91 Å². The van der Waals surface area contributed by atoms with Crippen LogP contribution in [0.25, 0.3) is 0 Å². The molecule has 0 spiro atoms. The number of carbonyl (C=O) groups excluding carboxylic acids is 1. The van der Waals surface area contributed by atoms with Crippen LogP contribution in [0.15, 0.2) is 12.2 Å². The number of hydrogen-bond acceptors (Lipinski definition) is 2. The minimum absolute atomic E-state index is 0.00838. The molecule has 0 bridgehead atoms. The van der Waals surface area contributed by atoms with Crippen LogP contribution in [0.3, 0.4) is 0 Å². The molecule has 13 heavy (non-hydrogen) atoms. The summed E-state index contributed by atoms with van der Waals surface area (Å²) in [5.74, 6) is 0.00838. The molecular weight excluding hydrogens is 166 g/mol. The molecule has 3 heteroatoms. The summed E-state index contributed by atoms with van der Waals surface area (Å²) >= 11 is 0. The number of allylic oxidation sites excluding steroid dienone is 1. The lowest BCUT2D eigenvalue weighted by Crippen LogP contribution is -2.36. The first-order chi connectivity index (χ1) is 6.34. The van der Waals surface area contributed by atoms with Crippen molar-refractivity contribution in [3.63, 3.8) is 0 Å². The van der Waals surface area contributed by atoms with Gasteiger partial charge in [0.25, 0.3) is 0 Å². The molecule has 0 aromatic rings. The van der Waals surface area contributed by atoms with E-state index in [9.17, 15) is 4.79 Å². The Morgan fingerprint density at radius 1 is 1.46 bits per heavy atom. The quantitative estimate of drug-likeness (QED) is 0.621. The molecule has 1 rings (SSSR count). The van der Waals surface area contributed by atoms with Crippen LogP contribution in [-0.4, -0.2) is 25.7 Å². The van der Waals surface area contributed by atoms with E-state index in [0.717, 1.165) is 25.8 Å². The summed E-state index contributed by atoms with van der Waals surface area (Å²) in [4.78, 5) is 11.4. The second kappa shape index (κ2) is 5.75. The lowest BCUT2D eigenvalue weighted by Gasteiger charge is -2.14. The van der Waals surface area contributed by atoms with E-state index in [1.807, 2.05) is 6.08 Å². The molecule has 1 heterocycles. The van der Waals surface area contributed by atoms with Gasteiger partial charge in [-0.3, -0.25) is 4.79 Å². The van der Waals surface area contributed by atoms with Crippen LogP contribution in [0.1, 0.15) is 25.7 Å². The fourth-order valence-corrected chi connectivity index (χ4v) is 1.36. The highest BCUT2D eigenvalue weighted by Crippen LogP contribution is 2.04. The van der Waals surface area contributed by atoms with Gasteiger partial charge < -0.3 is 10.1 Å². The maximum atomic E-state index is 11.4. The summed E-state index contributed by atoms with van der Waals surface area (Å²) in [6.45, 7) is 0.770. The normalized spacial score (nSPS) is 27.8. The third-order valence-electron chi connectivity index (χ3n) is 2.19. The van der Waals surface area contributed by atoms with E-state index in [1.54, 1.807) is 7.11 Å². The summed E-state index contributed by atoms with van der Waals surface area (Å²) in [5, 5.41) is 2.86. The molecule has 0 fully saturated rings. The van der Waals surface area contributed by atoms with Crippen LogP contribution in [-0.2, 0) is 9.53 Å². The van der Waals surface area contributed by atoms with E-state index in [-0.39, 0.29) is 12.0 Å². The highest BCUT2D eigenvalue weighted by molar-refractivity contribution is 5.80. The van der Waals surface area contributed by atoms with E-state index >= 15 is 0 Å². The number of methoxy groups -OCH3 is 1. The Kier molecular flexibility index (Phi) is 4.54. The maximum Gasteiger partial charge on any atom is 0.249 e. The van der Waals surface area contributed by atoms with Crippen molar-refractivity contribution in [2.75, 3.05) is 13.7 Å². The molecule has 0 radical (unpaired) electrons. The predicted octanol–water partition coefficient (Wildman–Crippen LogP) is 1.25. The highest BCUT2D eigenvalue weighted by Gasteiger charge is 2.15. The number of hydrogen-bond donors (Lipinski definition) is 1. The number of amides is 1. The summed E-state index contributed by atoms with van der Waals surface area (Å²) < 4.78 is 5.07. The summed E-state index contributed by atoms with van der Waals surface area (Å²) in [5.41, 5.74) is 0. The molecule has 0 aliphatic carbocycles. The molecular formula is C10H17NO2. The topological polar surface area (TPSA) is 38.3 Å². The predicted molar refractivity (Wildman–Crippen MR) is 51.4 cm³/mol. The Labute approximate surface area is 79.2 Å². The van der Waals surface area contributed by atoms with E-state index in [0.29, 0.717) is 6.42 Å². The molecule has 1 aliphatic heterocycles. The Bertz CT molecular complexity index is 189. The molecule has 0 saturated carbocycles. The van der Waals surface area contributed by atoms with Gasteiger partial charge in [-0.1, -0.05) is 12.2 Å². The summed E-state index contributed by atoms with van der Waals surface area (Å²) in [6, 6.07) is 0. The van der Waals surface area contributed by atoms with Gasteiger partial charge in [0.15, 0.2) is 0 Å². The van der Waals surface area contributed by atoms with E-state index in [1.165, 1.54) is 0 Å². The van der Waals surface area contributed by atoms with E-state index in [4.69, 9.17) is 4.74 Å². The molecule has 0 aromatic heterocycles. The molecule has 1 atom stereocenters. The average molecular weight is 183 g/mol. The van der Waals surface area contributed by atoms with Gasteiger partial charge >= 0.3 is 0 Å². The highest BCUT2D eigenvalue weighted by atomic mass is 16.5. The average Bonchev–Trinajstić information content (AvgIpc) is 2.16. The second-order valence-electron chi connectivity index (χ2n) is 3.22. The van der Waals surface area contributed by atoms with Crippen LogP contribution in [0.2, 0.25) is 0 Å². The Balaban J connectivity index is 2.49. The van der Waals surface area contributed by atoms with Crippen LogP contribution >= 0.6 is 0 Å². The third-order valence-corrected chi connectivity index (χ3v) is 2.19. The molecule has 74 valence electrons. The van der Waals surface area contributed by atoms with Crippen LogP contribution in [0.4, 0.5) is 0 Å². The largest absolute Gasteiger partial charge is 0.371 e. The summed E-state index contributed by atoms with van der Waals surface area (Å²) in [7, 11) is 1.57. The van der Waals surface area contributed by atoms with E-state index in [2.05, 4.69) is 11.4 Å². The Morgan fingerprint density at radius 3 is 3.08 bits per heavy atom. The van der Waals surface area contributed by atoms with Crippen molar-refractivity contribution in [1.82, 2.24) is 5.32 Å². The monoisotopic (exact) mass is 183 g/mol. The molecule has 1 unspecified atom stereocenters. The first kappa shape index (κ1) is 10.3. The van der Waals surface area contributed by atoms with Crippen LogP contribution < -0.4 is 5.32 Å². The number of rotatable bonds is 1. The molecule has 1 aliphatic rings. The number of ether oxygens (including phenoxy) is 1. The number of carbonyl (C=O) groups is 1. The van der Waals surface area contributed by atoms with Crippen molar-refractivity contribution in [2.24, 2.45) is 0 Å².